The summed E-state index contributed by atoms with van der Waals surface area (Å²) < 4.78 is 5.49. The smallest absolute Gasteiger partial charge is 0.0721 e. The van der Waals surface area contributed by atoms with E-state index in [2.05, 4.69) is 62.0 Å². The lowest BCUT2D eigenvalue weighted by molar-refractivity contribution is 0.149. The summed E-state index contributed by atoms with van der Waals surface area (Å²) in [6, 6.07) is 17.9. The van der Waals surface area contributed by atoms with Crippen LogP contribution in [0.2, 0.25) is 0 Å². The van der Waals surface area contributed by atoms with Crippen molar-refractivity contribution >= 4 is 0 Å². The highest BCUT2D eigenvalue weighted by Gasteiger charge is 2.19. The van der Waals surface area contributed by atoms with E-state index in [4.69, 9.17) is 4.74 Å². The Kier molecular flexibility index (Phi) is 5.87. The average Bonchev–Trinajstić information content (AvgIpc) is 2.63. The Morgan fingerprint density at radius 1 is 0.917 bits per heavy atom. The summed E-state index contributed by atoms with van der Waals surface area (Å²) in [6.45, 7) is 7.29. The molecule has 1 aliphatic rings. The molecule has 1 nitrogen and oxygen atoms in total. The molecule has 0 saturated heterocycles. The molecule has 2 aromatic carbocycles. The van der Waals surface area contributed by atoms with E-state index >= 15 is 0 Å². The molecular weight excluding hydrogens is 292 g/mol. The zero-order valence-corrected chi connectivity index (χ0v) is 14.7. The van der Waals surface area contributed by atoms with E-state index in [9.17, 15) is 0 Å². The lowest BCUT2D eigenvalue weighted by Crippen LogP contribution is -2.10. The van der Waals surface area contributed by atoms with Crippen LogP contribution >= 0.6 is 0 Å². The summed E-state index contributed by atoms with van der Waals surface area (Å²) in [6.07, 6.45) is 7.23. The van der Waals surface area contributed by atoms with Crippen LogP contribution in [0.15, 0.2) is 61.2 Å². The number of ether oxygens (including phenoxy) is 1. The van der Waals surface area contributed by atoms with Gasteiger partial charge in [0, 0.05) is 0 Å². The molecule has 3 rings (SSSR count). The van der Waals surface area contributed by atoms with Gasteiger partial charge in [-0.25, -0.2) is 0 Å². The highest BCUT2D eigenvalue weighted by atomic mass is 16.5. The molecule has 0 atom stereocenters. The fourth-order valence-corrected chi connectivity index (χ4v) is 3.59. The molecule has 1 heteroatoms. The van der Waals surface area contributed by atoms with E-state index in [-0.39, 0.29) is 0 Å². The van der Waals surface area contributed by atoms with Crippen molar-refractivity contribution in [3.8, 4) is 11.1 Å². The predicted octanol–water partition coefficient (Wildman–Crippen LogP) is 6.35. The van der Waals surface area contributed by atoms with E-state index in [0.717, 1.165) is 11.8 Å². The number of benzene rings is 2. The van der Waals surface area contributed by atoms with Crippen LogP contribution < -0.4 is 0 Å². The Morgan fingerprint density at radius 2 is 1.50 bits per heavy atom. The van der Waals surface area contributed by atoms with Crippen LogP contribution in [0.25, 0.3) is 11.1 Å². The molecule has 0 aromatic heterocycles. The third-order valence-corrected chi connectivity index (χ3v) is 5.19. The van der Waals surface area contributed by atoms with Crippen molar-refractivity contribution in [2.45, 2.75) is 45.1 Å². The molecule has 0 N–H and O–H groups in total. The Balaban J connectivity index is 1.63. The Hall–Kier alpha value is -1.86. The fraction of sp³-hybridized carbons (Fsp3) is 0.391. The van der Waals surface area contributed by atoms with E-state index in [1.807, 2.05) is 0 Å². The molecule has 0 unspecified atom stereocenters. The van der Waals surface area contributed by atoms with Gasteiger partial charge in [0.15, 0.2) is 0 Å². The second-order valence-corrected chi connectivity index (χ2v) is 7.08. The second-order valence-electron chi connectivity index (χ2n) is 7.08. The quantitative estimate of drug-likeness (QED) is 0.445. The highest BCUT2D eigenvalue weighted by Crippen LogP contribution is 2.36. The number of rotatable bonds is 6. The molecule has 0 heterocycles. The Labute approximate surface area is 146 Å². The SMILES string of the molecule is C=CCOCc1ccc(-c2ccc(C3CCC(C)CC3)cc2)cc1. The van der Waals surface area contributed by atoms with Crippen molar-refractivity contribution in [2.24, 2.45) is 5.92 Å². The molecule has 0 aliphatic heterocycles. The molecular formula is C23H28O. The first-order chi connectivity index (χ1) is 11.8. The van der Waals surface area contributed by atoms with Gasteiger partial charge in [-0.2, -0.15) is 0 Å². The molecule has 0 spiro atoms. The predicted molar refractivity (Wildman–Crippen MR) is 102 cm³/mol. The molecule has 1 aliphatic carbocycles. The first kappa shape index (κ1) is 17.0. The number of hydrogen-bond acceptors (Lipinski definition) is 1. The molecule has 1 saturated carbocycles. The van der Waals surface area contributed by atoms with Gasteiger partial charge in [0.05, 0.1) is 13.2 Å². The first-order valence-corrected chi connectivity index (χ1v) is 9.14. The van der Waals surface area contributed by atoms with Crippen LogP contribution in [0.1, 0.15) is 49.7 Å². The van der Waals surface area contributed by atoms with Crippen molar-refractivity contribution < 1.29 is 4.74 Å². The third kappa shape index (κ3) is 4.36. The van der Waals surface area contributed by atoms with Crippen molar-refractivity contribution in [3.63, 3.8) is 0 Å². The van der Waals surface area contributed by atoms with Crippen molar-refractivity contribution in [1.29, 1.82) is 0 Å². The molecule has 126 valence electrons. The summed E-state index contributed by atoms with van der Waals surface area (Å²) in [5, 5.41) is 0. The van der Waals surface area contributed by atoms with Gasteiger partial charge in [-0.05, 0) is 46.9 Å². The van der Waals surface area contributed by atoms with Gasteiger partial charge in [0.25, 0.3) is 0 Å². The van der Waals surface area contributed by atoms with E-state index in [0.29, 0.717) is 13.2 Å². The average molecular weight is 320 g/mol. The largest absolute Gasteiger partial charge is 0.373 e. The van der Waals surface area contributed by atoms with Gasteiger partial charge in [0.2, 0.25) is 0 Å². The van der Waals surface area contributed by atoms with Crippen LogP contribution in [0.4, 0.5) is 0 Å². The molecule has 0 amide bonds. The van der Waals surface area contributed by atoms with E-state index in [1.54, 1.807) is 6.08 Å². The highest BCUT2D eigenvalue weighted by molar-refractivity contribution is 5.64. The van der Waals surface area contributed by atoms with Crippen molar-refractivity contribution in [3.05, 3.63) is 72.3 Å². The summed E-state index contributed by atoms with van der Waals surface area (Å²) in [7, 11) is 0. The molecule has 24 heavy (non-hydrogen) atoms. The zero-order chi connectivity index (χ0) is 16.8. The van der Waals surface area contributed by atoms with Crippen LogP contribution in [-0.4, -0.2) is 6.61 Å². The Morgan fingerprint density at radius 3 is 2.08 bits per heavy atom. The fourth-order valence-electron chi connectivity index (χ4n) is 3.59. The summed E-state index contributed by atoms with van der Waals surface area (Å²) in [5.41, 5.74) is 5.28. The maximum absolute atomic E-state index is 5.49. The van der Waals surface area contributed by atoms with Crippen LogP contribution in [0.5, 0.6) is 0 Å². The molecule has 2 aromatic rings. The maximum Gasteiger partial charge on any atom is 0.0721 e. The lowest BCUT2D eigenvalue weighted by atomic mass is 9.79. The van der Waals surface area contributed by atoms with Gasteiger partial charge in [0.1, 0.15) is 0 Å². The van der Waals surface area contributed by atoms with Gasteiger partial charge in [-0.3, -0.25) is 0 Å². The van der Waals surface area contributed by atoms with Gasteiger partial charge in [-0.15, -0.1) is 6.58 Å². The lowest BCUT2D eigenvalue weighted by Gasteiger charge is -2.26. The number of hydrogen-bond donors (Lipinski definition) is 0. The van der Waals surface area contributed by atoms with Gasteiger partial charge < -0.3 is 4.74 Å². The zero-order valence-electron chi connectivity index (χ0n) is 14.7. The molecule has 0 bridgehead atoms. The van der Waals surface area contributed by atoms with E-state index in [1.165, 1.54) is 47.9 Å². The van der Waals surface area contributed by atoms with Crippen LogP contribution in [0, 0.1) is 5.92 Å². The molecule has 1 fully saturated rings. The van der Waals surface area contributed by atoms with Crippen molar-refractivity contribution in [2.75, 3.05) is 6.61 Å². The topological polar surface area (TPSA) is 9.23 Å². The minimum Gasteiger partial charge on any atom is -0.373 e. The third-order valence-electron chi connectivity index (χ3n) is 5.19. The standard InChI is InChI=1S/C23H28O/c1-3-16-24-17-19-6-10-21(11-7-19)23-14-12-22(13-15-23)20-8-4-18(2)5-9-20/h3,6-7,10-15,18,20H,1,4-5,8-9,16-17H2,2H3. The monoisotopic (exact) mass is 320 g/mol. The minimum absolute atomic E-state index is 0.600. The normalized spacial score (nSPS) is 20.7. The van der Waals surface area contributed by atoms with Gasteiger partial charge in [-0.1, -0.05) is 74.4 Å². The minimum atomic E-state index is 0.600. The van der Waals surface area contributed by atoms with Crippen LogP contribution in [-0.2, 0) is 11.3 Å². The van der Waals surface area contributed by atoms with E-state index < -0.39 is 0 Å². The van der Waals surface area contributed by atoms with Crippen molar-refractivity contribution in [1.82, 2.24) is 0 Å². The summed E-state index contributed by atoms with van der Waals surface area (Å²) in [4.78, 5) is 0. The van der Waals surface area contributed by atoms with Crippen LogP contribution in [0.3, 0.4) is 0 Å². The molecule has 0 radical (unpaired) electrons. The Bertz CT molecular complexity index is 631. The first-order valence-electron chi connectivity index (χ1n) is 9.14. The second kappa shape index (κ2) is 8.30. The van der Waals surface area contributed by atoms with Gasteiger partial charge >= 0.3 is 0 Å². The summed E-state index contributed by atoms with van der Waals surface area (Å²) >= 11 is 0. The maximum atomic E-state index is 5.49. The summed E-state index contributed by atoms with van der Waals surface area (Å²) in [5.74, 6) is 1.68.